The Kier molecular flexibility index (Phi) is 6.11. The van der Waals surface area contributed by atoms with E-state index in [0.29, 0.717) is 0 Å². The molecule has 0 saturated carbocycles. The maximum Gasteiger partial charge on any atom is 0.00818 e. The topological polar surface area (TPSA) is 18.5 Å². The van der Waals surface area contributed by atoms with Crippen molar-refractivity contribution in [1.29, 1.82) is 0 Å². The van der Waals surface area contributed by atoms with Gasteiger partial charge >= 0.3 is 0 Å². The average Bonchev–Trinajstić information content (AvgIpc) is 2.40. The summed E-state index contributed by atoms with van der Waals surface area (Å²) in [5, 5.41) is 3.69. The van der Waals surface area contributed by atoms with E-state index in [1.165, 1.54) is 64.7 Å². The van der Waals surface area contributed by atoms with Crippen LogP contribution in [-0.4, -0.2) is 62.2 Å². The highest BCUT2D eigenvalue weighted by Crippen LogP contribution is 2.22. The molecule has 2 atom stereocenters. The van der Waals surface area contributed by atoms with Crippen LogP contribution in [0.3, 0.4) is 0 Å². The van der Waals surface area contributed by atoms with Crippen LogP contribution in [0.25, 0.3) is 0 Å². The van der Waals surface area contributed by atoms with E-state index in [0.717, 1.165) is 18.0 Å². The lowest BCUT2D eigenvalue weighted by molar-refractivity contribution is 0.114. The molecule has 19 heavy (non-hydrogen) atoms. The smallest absolute Gasteiger partial charge is 0.00818 e. The first-order chi connectivity index (χ1) is 9.15. The molecule has 1 N–H and O–H groups in total. The van der Waals surface area contributed by atoms with E-state index in [4.69, 9.17) is 0 Å². The largest absolute Gasteiger partial charge is 0.314 e. The molecular formula is C16H33N3. The van der Waals surface area contributed by atoms with Gasteiger partial charge in [-0.05, 0) is 78.7 Å². The lowest BCUT2D eigenvalue weighted by Crippen LogP contribution is -2.45. The minimum atomic E-state index is 0.760. The van der Waals surface area contributed by atoms with E-state index < -0.39 is 0 Å². The van der Waals surface area contributed by atoms with Crippen molar-refractivity contribution in [2.75, 3.05) is 40.3 Å². The van der Waals surface area contributed by atoms with Gasteiger partial charge in [0.05, 0.1) is 0 Å². The van der Waals surface area contributed by atoms with Crippen molar-refractivity contribution in [3.05, 3.63) is 0 Å². The van der Waals surface area contributed by atoms with Crippen LogP contribution in [0.4, 0.5) is 0 Å². The minimum absolute atomic E-state index is 0.760. The standard InChI is InChI=1S/C16H33N3/c1-14(12-16-6-4-5-9-17-16)19-10-7-15(8-11-19)13-18(2)3/h14-17H,4-13H2,1-3H3. The van der Waals surface area contributed by atoms with Crippen LogP contribution in [0.5, 0.6) is 0 Å². The molecule has 2 heterocycles. The van der Waals surface area contributed by atoms with Crippen molar-refractivity contribution in [3.8, 4) is 0 Å². The molecule has 0 amide bonds. The summed E-state index contributed by atoms with van der Waals surface area (Å²) in [5.74, 6) is 0.922. The molecule has 2 saturated heterocycles. The number of nitrogens with one attached hydrogen (secondary N) is 1. The first kappa shape index (κ1) is 15.3. The maximum absolute atomic E-state index is 3.69. The second-order valence-corrected chi connectivity index (χ2v) is 6.97. The van der Waals surface area contributed by atoms with Crippen molar-refractivity contribution in [2.24, 2.45) is 5.92 Å². The van der Waals surface area contributed by atoms with Gasteiger partial charge in [0.25, 0.3) is 0 Å². The molecule has 0 aromatic carbocycles. The second-order valence-electron chi connectivity index (χ2n) is 6.97. The Morgan fingerprint density at radius 3 is 2.47 bits per heavy atom. The molecule has 2 rings (SSSR count). The number of likely N-dealkylation sites (tertiary alicyclic amines) is 1. The Balaban J connectivity index is 1.68. The van der Waals surface area contributed by atoms with Crippen LogP contribution < -0.4 is 5.32 Å². The van der Waals surface area contributed by atoms with Crippen LogP contribution in [0.2, 0.25) is 0 Å². The summed E-state index contributed by atoms with van der Waals surface area (Å²) in [6.07, 6.45) is 8.32. The highest BCUT2D eigenvalue weighted by Gasteiger charge is 2.25. The molecule has 0 bridgehead atoms. The highest BCUT2D eigenvalue weighted by atomic mass is 15.2. The molecule has 0 aliphatic carbocycles. The molecular weight excluding hydrogens is 234 g/mol. The zero-order valence-electron chi connectivity index (χ0n) is 13.2. The fourth-order valence-electron chi connectivity index (χ4n) is 3.78. The summed E-state index contributed by atoms with van der Waals surface area (Å²) in [6.45, 7) is 7.57. The molecule has 3 heteroatoms. The van der Waals surface area contributed by atoms with Gasteiger partial charge in [-0.1, -0.05) is 6.42 Å². The Morgan fingerprint density at radius 2 is 1.89 bits per heavy atom. The SMILES string of the molecule is CC(CC1CCCCN1)N1CCC(CN(C)C)CC1. The van der Waals surface area contributed by atoms with Gasteiger partial charge in [-0.3, -0.25) is 0 Å². The summed E-state index contributed by atoms with van der Waals surface area (Å²) in [7, 11) is 4.40. The quantitative estimate of drug-likeness (QED) is 0.824. The van der Waals surface area contributed by atoms with Crippen molar-refractivity contribution >= 4 is 0 Å². The Morgan fingerprint density at radius 1 is 1.16 bits per heavy atom. The Labute approximate surface area is 119 Å². The van der Waals surface area contributed by atoms with Gasteiger partial charge < -0.3 is 15.1 Å². The molecule has 0 aromatic heterocycles. The van der Waals surface area contributed by atoms with Gasteiger partial charge in [0, 0.05) is 18.6 Å². The number of nitrogens with zero attached hydrogens (tertiary/aromatic N) is 2. The fourth-order valence-corrected chi connectivity index (χ4v) is 3.78. The van der Waals surface area contributed by atoms with Crippen LogP contribution >= 0.6 is 0 Å². The van der Waals surface area contributed by atoms with Crippen LogP contribution in [0, 0.1) is 5.92 Å². The lowest BCUT2D eigenvalue weighted by Gasteiger charge is -2.38. The molecule has 0 spiro atoms. The predicted molar refractivity (Wildman–Crippen MR) is 82.6 cm³/mol. The zero-order valence-corrected chi connectivity index (χ0v) is 13.2. The van der Waals surface area contributed by atoms with Gasteiger partial charge in [0.2, 0.25) is 0 Å². The first-order valence-corrected chi connectivity index (χ1v) is 8.27. The molecule has 0 aromatic rings. The number of rotatable bonds is 5. The number of hydrogen-bond donors (Lipinski definition) is 1. The second kappa shape index (κ2) is 7.61. The monoisotopic (exact) mass is 267 g/mol. The van der Waals surface area contributed by atoms with Crippen molar-refractivity contribution in [1.82, 2.24) is 15.1 Å². The van der Waals surface area contributed by atoms with Crippen molar-refractivity contribution in [2.45, 2.75) is 57.5 Å². The normalized spacial score (nSPS) is 28.7. The summed E-state index contributed by atoms with van der Waals surface area (Å²) >= 11 is 0. The molecule has 2 unspecified atom stereocenters. The fraction of sp³-hybridized carbons (Fsp3) is 1.00. The van der Waals surface area contributed by atoms with E-state index in [1.54, 1.807) is 0 Å². The van der Waals surface area contributed by atoms with Gasteiger partial charge in [-0.2, -0.15) is 0 Å². The molecule has 2 aliphatic heterocycles. The summed E-state index contributed by atoms with van der Waals surface area (Å²) < 4.78 is 0. The molecule has 0 radical (unpaired) electrons. The van der Waals surface area contributed by atoms with Gasteiger partial charge in [0.15, 0.2) is 0 Å². The third-order valence-electron chi connectivity index (χ3n) is 4.93. The Hall–Kier alpha value is -0.120. The highest BCUT2D eigenvalue weighted by molar-refractivity contribution is 4.82. The average molecular weight is 267 g/mol. The number of hydrogen-bond acceptors (Lipinski definition) is 3. The predicted octanol–water partition coefficient (Wildman–Crippen LogP) is 2.18. The number of piperidine rings is 2. The van der Waals surface area contributed by atoms with Crippen LogP contribution in [0.1, 0.15) is 45.4 Å². The van der Waals surface area contributed by atoms with Crippen LogP contribution in [-0.2, 0) is 0 Å². The lowest BCUT2D eigenvalue weighted by atomic mass is 9.93. The van der Waals surface area contributed by atoms with Gasteiger partial charge in [-0.15, -0.1) is 0 Å². The third-order valence-corrected chi connectivity index (χ3v) is 4.93. The van der Waals surface area contributed by atoms with E-state index in [1.807, 2.05) is 0 Å². The maximum atomic E-state index is 3.69. The summed E-state index contributed by atoms with van der Waals surface area (Å²) in [5.41, 5.74) is 0. The van der Waals surface area contributed by atoms with Crippen molar-refractivity contribution in [3.63, 3.8) is 0 Å². The molecule has 112 valence electrons. The first-order valence-electron chi connectivity index (χ1n) is 8.27. The van der Waals surface area contributed by atoms with Gasteiger partial charge in [0.1, 0.15) is 0 Å². The van der Waals surface area contributed by atoms with Crippen molar-refractivity contribution < 1.29 is 0 Å². The van der Waals surface area contributed by atoms with Gasteiger partial charge in [-0.25, -0.2) is 0 Å². The van der Waals surface area contributed by atoms with E-state index in [9.17, 15) is 0 Å². The van der Waals surface area contributed by atoms with E-state index in [2.05, 4.69) is 36.1 Å². The van der Waals surface area contributed by atoms with Crippen LogP contribution in [0.15, 0.2) is 0 Å². The minimum Gasteiger partial charge on any atom is -0.314 e. The molecule has 3 nitrogen and oxygen atoms in total. The Bertz CT molecular complexity index is 240. The summed E-state index contributed by atoms with van der Waals surface area (Å²) in [4.78, 5) is 5.07. The molecule has 2 aliphatic rings. The zero-order chi connectivity index (χ0) is 13.7. The third kappa shape index (κ3) is 5.05. The molecule has 2 fully saturated rings. The van der Waals surface area contributed by atoms with E-state index in [-0.39, 0.29) is 0 Å². The summed E-state index contributed by atoms with van der Waals surface area (Å²) in [6, 6.07) is 1.54. The van der Waals surface area contributed by atoms with E-state index >= 15 is 0 Å².